The predicted octanol–water partition coefficient (Wildman–Crippen LogP) is 0.464. The number of rotatable bonds is 0. The summed E-state index contributed by atoms with van der Waals surface area (Å²) in [6, 6.07) is 0. The fourth-order valence-electron chi connectivity index (χ4n) is 1.34. The monoisotopic (exact) mass is 123 g/mol. The van der Waals surface area contributed by atoms with Crippen molar-refractivity contribution >= 4 is 0 Å². The first-order valence-corrected chi connectivity index (χ1v) is 3.15. The maximum absolute atomic E-state index is 9.61. The summed E-state index contributed by atoms with van der Waals surface area (Å²) in [6.07, 6.45) is 8.52. The van der Waals surface area contributed by atoms with Crippen molar-refractivity contribution in [2.24, 2.45) is 0 Å². The van der Waals surface area contributed by atoms with Gasteiger partial charge in [-0.3, -0.25) is 0 Å². The lowest BCUT2D eigenvalue weighted by Crippen LogP contribution is -2.36. The lowest BCUT2D eigenvalue weighted by Gasteiger charge is -2.25. The average Bonchev–Trinajstić information content (AvgIpc) is 2.22. The molecule has 0 saturated heterocycles. The molecule has 0 fully saturated rings. The van der Waals surface area contributed by atoms with Crippen LogP contribution >= 0.6 is 0 Å². The zero-order chi connectivity index (χ0) is 6.32. The topological polar surface area (TPSA) is 23.5 Å². The van der Waals surface area contributed by atoms with Crippen molar-refractivity contribution in [1.82, 2.24) is 4.90 Å². The molecule has 2 aliphatic heterocycles. The lowest BCUT2D eigenvalue weighted by atomic mass is 10.2. The molecular weight excluding hydrogens is 114 g/mol. The molecule has 9 heavy (non-hydrogen) atoms. The Labute approximate surface area is 54.1 Å². The molecule has 2 aliphatic rings. The van der Waals surface area contributed by atoms with Gasteiger partial charge in [0, 0.05) is 13.0 Å². The van der Waals surface area contributed by atoms with Gasteiger partial charge in [0.2, 0.25) is 0 Å². The van der Waals surface area contributed by atoms with Crippen molar-refractivity contribution in [2.75, 3.05) is 6.54 Å². The summed E-state index contributed by atoms with van der Waals surface area (Å²) in [6.45, 7) is 0.854. The van der Waals surface area contributed by atoms with Crippen molar-refractivity contribution < 1.29 is 5.11 Å². The smallest absolute Gasteiger partial charge is 0.160 e. The van der Waals surface area contributed by atoms with Crippen molar-refractivity contribution in [3.63, 3.8) is 0 Å². The molecule has 0 aromatic heterocycles. The Kier molecular flexibility index (Phi) is 0.781. The molecule has 0 spiro atoms. The lowest BCUT2D eigenvalue weighted by molar-refractivity contribution is -0.00668. The Morgan fingerprint density at radius 2 is 2.33 bits per heavy atom. The van der Waals surface area contributed by atoms with E-state index in [1.54, 1.807) is 0 Å². The minimum Gasteiger partial charge on any atom is -0.367 e. The standard InChI is InChI=1S/C7H9NO/c9-7-3-1-5-8(7)6-2-4-7/h1-3,6,9H,4-5H2. The van der Waals surface area contributed by atoms with Gasteiger partial charge in [-0.2, -0.15) is 0 Å². The Morgan fingerprint density at radius 3 is 3.11 bits per heavy atom. The van der Waals surface area contributed by atoms with E-state index in [1.807, 2.05) is 29.3 Å². The number of hydrogen-bond acceptors (Lipinski definition) is 2. The number of aliphatic hydroxyl groups is 1. The van der Waals surface area contributed by atoms with E-state index >= 15 is 0 Å². The first-order valence-electron chi connectivity index (χ1n) is 3.15. The molecule has 0 saturated carbocycles. The molecule has 2 heterocycles. The van der Waals surface area contributed by atoms with E-state index < -0.39 is 5.72 Å². The van der Waals surface area contributed by atoms with Crippen LogP contribution in [0.3, 0.4) is 0 Å². The second-order valence-corrected chi connectivity index (χ2v) is 2.52. The van der Waals surface area contributed by atoms with Crippen molar-refractivity contribution in [3.8, 4) is 0 Å². The highest BCUT2D eigenvalue weighted by Gasteiger charge is 2.34. The molecule has 0 radical (unpaired) electrons. The van der Waals surface area contributed by atoms with E-state index in [1.165, 1.54) is 0 Å². The van der Waals surface area contributed by atoms with E-state index in [2.05, 4.69) is 0 Å². The quantitative estimate of drug-likeness (QED) is 0.473. The summed E-state index contributed by atoms with van der Waals surface area (Å²) >= 11 is 0. The van der Waals surface area contributed by atoms with Crippen LogP contribution in [-0.2, 0) is 0 Å². The second-order valence-electron chi connectivity index (χ2n) is 2.52. The van der Waals surface area contributed by atoms with Gasteiger partial charge in [-0.05, 0) is 12.3 Å². The summed E-state index contributed by atoms with van der Waals surface area (Å²) < 4.78 is 0. The minimum absolute atomic E-state index is 0.653. The predicted molar refractivity (Wildman–Crippen MR) is 34.6 cm³/mol. The van der Waals surface area contributed by atoms with Crippen LogP contribution in [0.1, 0.15) is 6.42 Å². The van der Waals surface area contributed by atoms with Gasteiger partial charge in [-0.1, -0.05) is 12.2 Å². The van der Waals surface area contributed by atoms with Crippen molar-refractivity contribution in [1.29, 1.82) is 0 Å². The number of fused-ring (bicyclic) bond motifs is 1. The molecule has 2 nitrogen and oxygen atoms in total. The van der Waals surface area contributed by atoms with E-state index in [9.17, 15) is 5.11 Å². The van der Waals surface area contributed by atoms with Crippen LogP contribution in [0.25, 0.3) is 0 Å². The maximum atomic E-state index is 9.61. The van der Waals surface area contributed by atoms with E-state index in [0.717, 1.165) is 13.0 Å². The molecule has 2 heteroatoms. The molecule has 0 aromatic rings. The van der Waals surface area contributed by atoms with Gasteiger partial charge < -0.3 is 10.0 Å². The average molecular weight is 123 g/mol. The van der Waals surface area contributed by atoms with Crippen LogP contribution in [0.2, 0.25) is 0 Å². The highest BCUT2D eigenvalue weighted by Crippen LogP contribution is 2.29. The van der Waals surface area contributed by atoms with Crippen LogP contribution < -0.4 is 0 Å². The van der Waals surface area contributed by atoms with Crippen LogP contribution in [0.15, 0.2) is 24.4 Å². The number of nitrogens with zero attached hydrogens (tertiary/aromatic N) is 1. The van der Waals surface area contributed by atoms with Crippen LogP contribution in [0.4, 0.5) is 0 Å². The molecular formula is C7H9NO. The molecule has 2 rings (SSSR count). The van der Waals surface area contributed by atoms with Gasteiger partial charge in [-0.25, -0.2) is 0 Å². The van der Waals surface area contributed by atoms with Gasteiger partial charge in [-0.15, -0.1) is 0 Å². The molecule has 0 amide bonds. The Morgan fingerprint density at radius 1 is 1.44 bits per heavy atom. The summed E-state index contributed by atoms with van der Waals surface area (Å²) in [5.41, 5.74) is -0.653. The summed E-state index contributed by atoms with van der Waals surface area (Å²) in [5.74, 6) is 0. The van der Waals surface area contributed by atoms with E-state index in [0.29, 0.717) is 0 Å². The summed E-state index contributed by atoms with van der Waals surface area (Å²) in [5, 5.41) is 9.61. The largest absolute Gasteiger partial charge is 0.367 e. The molecule has 1 unspecified atom stereocenters. The Bertz CT molecular complexity index is 185. The maximum Gasteiger partial charge on any atom is 0.160 e. The Hall–Kier alpha value is -0.760. The molecule has 0 aliphatic carbocycles. The second kappa shape index (κ2) is 1.39. The van der Waals surface area contributed by atoms with Crippen LogP contribution in [-0.4, -0.2) is 22.3 Å². The first kappa shape index (κ1) is 5.06. The normalized spacial score (nSPS) is 38.1. The third-order valence-electron chi connectivity index (χ3n) is 1.89. The first-order chi connectivity index (χ1) is 4.31. The SMILES string of the molecule is OC12C=CCN1C=CC2. The van der Waals surface area contributed by atoms with Crippen LogP contribution in [0, 0.1) is 0 Å². The van der Waals surface area contributed by atoms with Gasteiger partial charge in [0.1, 0.15) is 0 Å². The third-order valence-corrected chi connectivity index (χ3v) is 1.89. The zero-order valence-corrected chi connectivity index (χ0v) is 5.12. The Balaban J connectivity index is 2.31. The highest BCUT2D eigenvalue weighted by atomic mass is 16.3. The van der Waals surface area contributed by atoms with Gasteiger partial charge >= 0.3 is 0 Å². The van der Waals surface area contributed by atoms with Gasteiger partial charge in [0.15, 0.2) is 5.72 Å². The molecule has 48 valence electrons. The van der Waals surface area contributed by atoms with Gasteiger partial charge in [0.05, 0.1) is 0 Å². The molecule has 0 bridgehead atoms. The van der Waals surface area contributed by atoms with Crippen molar-refractivity contribution in [2.45, 2.75) is 12.1 Å². The molecule has 0 aromatic carbocycles. The zero-order valence-electron chi connectivity index (χ0n) is 5.12. The van der Waals surface area contributed by atoms with E-state index in [-0.39, 0.29) is 0 Å². The summed E-state index contributed by atoms with van der Waals surface area (Å²) in [4.78, 5) is 1.92. The highest BCUT2D eigenvalue weighted by molar-refractivity contribution is 5.18. The minimum atomic E-state index is -0.653. The fraction of sp³-hybridized carbons (Fsp3) is 0.429. The van der Waals surface area contributed by atoms with Crippen molar-refractivity contribution in [3.05, 3.63) is 24.4 Å². The van der Waals surface area contributed by atoms with Gasteiger partial charge in [0.25, 0.3) is 0 Å². The van der Waals surface area contributed by atoms with Crippen LogP contribution in [0.5, 0.6) is 0 Å². The van der Waals surface area contributed by atoms with E-state index in [4.69, 9.17) is 0 Å². The summed E-state index contributed by atoms with van der Waals surface area (Å²) in [7, 11) is 0. The third kappa shape index (κ3) is 0.537. The molecule has 1 N–H and O–H groups in total. The number of hydrogen-bond donors (Lipinski definition) is 1. The fourth-order valence-corrected chi connectivity index (χ4v) is 1.34. The molecule has 1 atom stereocenters.